The van der Waals surface area contributed by atoms with Gasteiger partial charge in [-0.25, -0.2) is 4.99 Å². The lowest BCUT2D eigenvalue weighted by molar-refractivity contribution is 0.506. The predicted molar refractivity (Wildman–Crippen MR) is 33.4 cm³/mol. The summed E-state index contributed by atoms with van der Waals surface area (Å²) >= 11 is 0. The van der Waals surface area contributed by atoms with Crippen LogP contribution in [-0.4, -0.2) is 6.04 Å². The SMILES string of the molecule is CC1C=c2ccoc2=N1. The van der Waals surface area contributed by atoms with Crippen molar-refractivity contribution in [2.75, 3.05) is 0 Å². The van der Waals surface area contributed by atoms with Gasteiger partial charge in [-0.1, -0.05) is 0 Å². The van der Waals surface area contributed by atoms with Crippen LogP contribution in [0.25, 0.3) is 6.08 Å². The summed E-state index contributed by atoms with van der Waals surface area (Å²) in [5.74, 6) is 0. The first-order valence-electron chi connectivity index (χ1n) is 2.99. The minimum absolute atomic E-state index is 0.306. The zero-order chi connectivity index (χ0) is 6.27. The lowest BCUT2D eigenvalue weighted by atomic mass is 10.3. The Bertz CT molecular complexity index is 292. The molecule has 1 aliphatic heterocycles. The fourth-order valence-electron chi connectivity index (χ4n) is 1.02. The van der Waals surface area contributed by atoms with E-state index in [1.807, 2.05) is 13.0 Å². The fourth-order valence-corrected chi connectivity index (χ4v) is 1.02. The third-order valence-electron chi connectivity index (χ3n) is 1.42. The predicted octanol–water partition coefficient (Wildman–Crippen LogP) is 0.0818. The quantitative estimate of drug-likeness (QED) is 0.477. The molecule has 0 radical (unpaired) electrons. The van der Waals surface area contributed by atoms with E-state index in [0.29, 0.717) is 6.04 Å². The van der Waals surface area contributed by atoms with Crippen molar-refractivity contribution < 1.29 is 4.42 Å². The molecule has 2 nitrogen and oxygen atoms in total. The van der Waals surface area contributed by atoms with E-state index in [-0.39, 0.29) is 0 Å². The molecule has 1 aromatic heterocycles. The number of hydrogen-bond acceptors (Lipinski definition) is 2. The fraction of sp³-hybridized carbons (Fsp3) is 0.286. The van der Waals surface area contributed by atoms with Crippen LogP contribution in [0.5, 0.6) is 0 Å². The molecule has 1 unspecified atom stereocenters. The summed E-state index contributed by atoms with van der Waals surface area (Å²) in [4.78, 5) is 4.19. The first-order chi connectivity index (χ1) is 4.36. The molecule has 1 aliphatic rings. The summed E-state index contributed by atoms with van der Waals surface area (Å²) in [6.45, 7) is 2.04. The highest BCUT2D eigenvalue weighted by Gasteiger charge is 2.02. The van der Waals surface area contributed by atoms with Crippen molar-refractivity contribution in [1.82, 2.24) is 0 Å². The summed E-state index contributed by atoms with van der Waals surface area (Å²) in [6.07, 6.45) is 3.75. The Balaban J connectivity index is 2.85. The third kappa shape index (κ3) is 0.593. The highest BCUT2D eigenvalue weighted by molar-refractivity contribution is 5.30. The second-order valence-electron chi connectivity index (χ2n) is 2.22. The number of hydrogen-bond donors (Lipinski definition) is 0. The van der Waals surface area contributed by atoms with Crippen molar-refractivity contribution in [3.63, 3.8) is 0 Å². The number of fused-ring (bicyclic) bond motifs is 1. The smallest absolute Gasteiger partial charge is 0.221 e. The van der Waals surface area contributed by atoms with Crippen molar-refractivity contribution in [3.05, 3.63) is 23.1 Å². The van der Waals surface area contributed by atoms with Crippen molar-refractivity contribution in [1.29, 1.82) is 0 Å². The third-order valence-corrected chi connectivity index (χ3v) is 1.42. The summed E-state index contributed by atoms with van der Waals surface area (Å²) in [5, 5.41) is 1.13. The molecule has 0 spiro atoms. The van der Waals surface area contributed by atoms with Crippen molar-refractivity contribution in [2.24, 2.45) is 4.99 Å². The Morgan fingerprint density at radius 2 is 2.56 bits per heavy atom. The molecular weight excluding hydrogens is 114 g/mol. The van der Waals surface area contributed by atoms with Gasteiger partial charge in [-0.05, 0) is 19.1 Å². The van der Waals surface area contributed by atoms with E-state index in [1.165, 1.54) is 0 Å². The lowest BCUT2D eigenvalue weighted by Gasteiger charge is -1.85. The van der Waals surface area contributed by atoms with E-state index in [2.05, 4.69) is 11.1 Å². The monoisotopic (exact) mass is 121 g/mol. The summed E-state index contributed by atoms with van der Waals surface area (Å²) < 4.78 is 5.05. The van der Waals surface area contributed by atoms with Gasteiger partial charge in [0.1, 0.15) is 0 Å². The molecule has 0 saturated heterocycles. The zero-order valence-corrected chi connectivity index (χ0v) is 5.16. The lowest BCUT2D eigenvalue weighted by Crippen LogP contribution is -2.14. The summed E-state index contributed by atoms with van der Waals surface area (Å²) in [5.41, 5.74) is 0.780. The second-order valence-corrected chi connectivity index (χ2v) is 2.22. The molecule has 0 fully saturated rings. The molecule has 0 aromatic carbocycles. The molecule has 2 heteroatoms. The normalized spacial score (nSPS) is 22.6. The van der Waals surface area contributed by atoms with Crippen LogP contribution in [0.1, 0.15) is 6.92 Å². The van der Waals surface area contributed by atoms with Crippen LogP contribution in [0.4, 0.5) is 0 Å². The largest absolute Gasteiger partial charge is 0.446 e. The standard InChI is InChI=1S/C7H7NO/c1-5-4-6-2-3-9-7(6)8-5/h2-5H,1H3. The molecule has 1 atom stereocenters. The molecule has 0 amide bonds. The molecule has 2 rings (SSSR count). The van der Waals surface area contributed by atoms with Gasteiger partial charge in [-0.2, -0.15) is 0 Å². The zero-order valence-electron chi connectivity index (χ0n) is 5.16. The molecule has 0 bridgehead atoms. The van der Waals surface area contributed by atoms with Gasteiger partial charge in [0.25, 0.3) is 0 Å². The Hall–Kier alpha value is -1.05. The molecule has 9 heavy (non-hydrogen) atoms. The van der Waals surface area contributed by atoms with Crippen LogP contribution in [0.15, 0.2) is 21.7 Å². The number of rotatable bonds is 0. The van der Waals surface area contributed by atoms with E-state index in [4.69, 9.17) is 4.42 Å². The Morgan fingerprint density at radius 3 is 3.33 bits per heavy atom. The van der Waals surface area contributed by atoms with Gasteiger partial charge in [-0.15, -0.1) is 0 Å². The van der Waals surface area contributed by atoms with E-state index >= 15 is 0 Å². The minimum atomic E-state index is 0.306. The number of nitrogens with zero attached hydrogens (tertiary/aromatic N) is 1. The first-order valence-corrected chi connectivity index (χ1v) is 2.99. The van der Waals surface area contributed by atoms with Crippen molar-refractivity contribution in [3.8, 4) is 0 Å². The maximum Gasteiger partial charge on any atom is 0.221 e. The highest BCUT2D eigenvalue weighted by Crippen LogP contribution is 1.92. The van der Waals surface area contributed by atoms with Crippen LogP contribution >= 0.6 is 0 Å². The Kier molecular flexibility index (Phi) is 0.781. The van der Waals surface area contributed by atoms with Gasteiger partial charge in [0.15, 0.2) is 0 Å². The van der Waals surface area contributed by atoms with Gasteiger partial charge in [-0.3, -0.25) is 0 Å². The minimum Gasteiger partial charge on any atom is -0.446 e. The van der Waals surface area contributed by atoms with Crippen LogP contribution in [-0.2, 0) is 0 Å². The second kappa shape index (κ2) is 1.47. The van der Waals surface area contributed by atoms with Gasteiger partial charge < -0.3 is 4.42 Å². The summed E-state index contributed by atoms with van der Waals surface area (Å²) in [7, 11) is 0. The van der Waals surface area contributed by atoms with E-state index in [1.54, 1.807) is 6.26 Å². The maximum atomic E-state index is 5.05. The maximum absolute atomic E-state index is 5.05. The van der Waals surface area contributed by atoms with Crippen LogP contribution < -0.4 is 10.8 Å². The average molecular weight is 121 g/mol. The van der Waals surface area contributed by atoms with Crippen molar-refractivity contribution >= 4 is 6.08 Å². The van der Waals surface area contributed by atoms with Crippen molar-refractivity contribution in [2.45, 2.75) is 13.0 Å². The van der Waals surface area contributed by atoms with E-state index in [9.17, 15) is 0 Å². The van der Waals surface area contributed by atoms with Gasteiger partial charge in [0.05, 0.1) is 12.3 Å². The Labute approximate surface area is 52.5 Å². The molecule has 0 aliphatic carbocycles. The van der Waals surface area contributed by atoms with Crippen LogP contribution in [0.3, 0.4) is 0 Å². The van der Waals surface area contributed by atoms with E-state index < -0.39 is 0 Å². The van der Waals surface area contributed by atoms with Crippen LogP contribution in [0, 0.1) is 0 Å². The molecule has 2 heterocycles. The molecular formula is C7H7NO. The van der Waals surface area contributed by atoms with E-state index in [0.717, 1.165) is 10.8 Å². The molecule has 0 N–H and O–H groups in total. The molecule has 0 saturated carbocycles. The van der Waals surface area contributed by atoms with Gasteiger partial charge in [0, 0.05) is 5.22 Å². The molecule has 1 aromatic rings. The summed E-state index contributed by atoms with van der Waals surface area (Å²) in [6, 6.07) is 2.24. The average Bonchev–Trinajstić information content (AvgIpc) is 2.22. The topological polar surface area (TPSA) is 25.5 Å². The molecule has 46 valence electrons. The van der Waals surface area contributed by atoms with Gasteiger partial charge in [0.2, 0.25) is 5.55 Å². The van der Waals surface area contributed by atoms with Gasteiger partial charge >= 0.3 is 0 Å². The first kappa shape index (κ1) is 4.79. The highest BCUT2D eigenvalue weighted by atomic mass is 16.3. The number of furan rings is 1. The van der Waals surface area contributed by atoms with Crippen LogP contribution in [0.2, 0.25) is 0 Å². The Morgan fingerprint density at radius 1 is 1.67 bits per heavy atom.